The van der Waals surface area contributed by atoms with Gasteiger partial charge in [-0.05, 0) is 37.9 Å². The molecular formula is C22H35N3O2. The summed E-state index contributed by atoms with van der Waals surface area (Å²) in [6.45, 7) is 11.4. The summed E-state index contributed by atoms with van der Waals surface area (Å²) in [5.41, 5.74) is 1.42. The van der Waals surface area contributed by atoms with Crippen LogP contribution in [0.1, 0.15) is 25.3 Å². The Bertz CT molecular complexity index is 560. The lowest BCUT2D eigenvalue weighted by atomic mass is 10.1. The Morgan fingerprint density at radius 1 is 1.00 bits per heavy atom. The molecule has 1 atom stereocenters. The predicted molar refractivity (Wildman–Crippen MR) is 109 cm³/mol. The molecule has 5 nitrogen and oxygen atoms in total. The van der Waals surface area contributed by atoms with Gasteiger partial charge in [0.25, 0.3) is 0 Å². The van der Waals surface area contributed by atoms with Gasteiger partial charge >= 0.3 is 0 Å². The molecule has 1 aromatic carbocycles. The third kappa shape index (κ3) is 6.59. The largest absolute Gasteiger partial charge is 0.379 e. The van der Waals surface area contributed by atoms with E-state index in [4.69, 9.17) is 4.74 Å². The molecule has 1 amide bonds. The molecule has 3 rings (SSSR count). The minimum atomic E-state index is 0.0766. The Kier molecular flexibility index (Phi) is 8.11. The third-order valence-electron chi connectivity index (χ3n) is 5.74. The quantitative estimate of drug-likeness (QED) is 0.734. The van der Waals surface area contributed by atoms with Crippen molar-refractivity contribution in [2.45, 2.75) is 26.2 Å². The average Bonchev–Trinajstić information content (AvgIpc) is 2.95. The number of aryl methyl sites for hydroxylation is 1. The summed E-state index contributed by atoms with van der Waals surface area (Å²) in [4.78, 5) is 19.9. The number of nitrogens with zero attached hydrogens (tertiary/aromatic N) is 3. The van der Waals surface area contributed by atoms with Gasteiger partial charge in [0.1, 0.15) is 0 Å². The number of carbonyl (C=O) groups excluding carboxylic acids is 1. The molecule has 0 aliphatic carbocycles. The Hall–Kier alpha value is -1.43. The molecule has 2 aliphatic rings. The number of amides is 1. The molecule has 2 saturated heterocycles. The van der Waals surface area contributed by atoms with Gasteiger partial charge in [-0.3, -0.25) is 9.69 Å². The molecule has 0 bridgehead atoms. The molecule has 0 aromatic heterocycles. The maximum absolute atomic E-state index is 12.9. The highest BCUT2D eigenvalue weighted by atomic mass is 16.5. The summed E-state index contributed by atoms with van der Waals surface area (Å²) < 4.78 is 5.40. The van der Waals surface area contributed by atoms with E-state index < -0.39 is 0 Å². The van der Waals surface area contributed by atoms with E-state index in [1.807, 2.05) is 0 Å². The maximum Gasteiger partial charge on any atom is 0.226 e. The number of hydrogen-bond donors (Lipinski definition) is 0. The van der Waals surface area contributed by atoms with Crippen LogP contribution in [0.2, 0.25) is 0 Å². The Balaban J connectivity index is 1.38. The second-order valence-electron chi connectivity index (χ2n) is 7.92. The van der Waals surface area contributed by atoms with Crippen molar-refractivity contribution in [2.24, 2.45) is 5.92 Å². The zero-order chi connectivity index (χ0) is 18.9. The minimum absolute atomic E-state index is 0.0766. The van der Waals surface area contributed by atoms with Gasteiger partial charge in [-0.1, -0.05) is 37.3 Å². The van der Waals surface area contributed by atoms with Gasteiger partial charge in [-0.25, -0.2) is 0 Å². The molecule has 2 fully saturated rings. The number of morpholine rings is 1. The summed E-state index contributed by atoms with van der Waals surface area (Å²) in [7, 11) is 0. The summed E-state index contributed by atoms with van der Waals surface area (Å²) in [6.07, 6.45) is 3.41. The van der Waals surface area contributed by atoms with Crippen molar-refractivity contribution in [2.75, 3.05) is 65.6 Å². The smallest absolute Gasteiger partial charge is 0.226 e. The van der Waals surface area contributed by atoms with E-state index in [0.717, 1.165) is 78.4 Å². The van der Waals surface area contributed by atoms with Crippen LogP contribution >= 0.6 is 0 Å². The zero-order valence-electron chi connectivity index (χ0n) is 16.8. The van der Waals surface area contributed by atoms with Crippen LogP contribution in [0.4, 0.5) is 0 Å². The molecule has 0 saturated carbocycles. The van der Waals surface area contributed by atoms with Crippen LogP contribution in [-0.4, -0.2) is 86.2 Å². The van der Waals surface area contributed by atoms with Crippen LogP contribution in [0.5, 0.6) is 0 Å². The lowest BCUT2D eigenvalue weighted by molar-refractivity contribution is -0.135. The molecular weight excluding hydrogens is 338 g/mol. The Morgan fingerprint density at radius 2 is 1.78 bits per heavy atom. The second-order valence-corrected chi connectivity index (χ2v) is 7.92. The summed E-state index contributed by atoms with van der Waals surface area (Å²) in [6, 6.07) is 10.7. The standard InChI is InChI=1S/C22H35N3O2/c1-20(19-24-15-17-27-18-16-24)22(26)25-12-6-11-23(13-14-25)10-5-9-21-7-3-2-4-8-21/h2-4,7-8,20H,5-6,9-19H2,1H3/t20-/m0/s1. The molecule has 0 unspecified atom stereocenters. The van der Waals surface area contributed by atoms with Crippen molar-refractivity contribution < 1.29 is 9.53 Å². The highest BCUT2D eigenvalue weighted by Crippen LogP contribution is 2.12. The van der Waals surface area contributed by atoms with E-state index in [1.165, 1.54) is 12.0 Å². The fourth-order valence-corrected chi connectivity index (χ4v) is 4.13. The van der Waals surface area contributed by atoms with Crippen molar-refractivity contribution in [1.29, 1.82) is 0 Å². The lowest BCUT2D eigenvalue weighted by Gasteiger charge is -2.31. The maximum atomic E-state index is 12.9. The van der Waals surface area contributed by atoms with Crippen molar-refractivity contribution >= 4 is 5.91 Å². The van der Waals surface area contributed by atoms with Crippen LogP contribution in [-0.2, 0) is 16.0 Å². The normalized spacial score (nSPS) is 21.0. The molecule has 1 aromatic rings. The van der Waals surface area contributed by atoms with Gasteiger partial charge in [0.2, 0.25) is 5.91 Å². The SMILES string of the molecule is C[C@@H](CN1CCOCC1)C(=O)N1CCCN(CCCc2ccccc2)CC1. The van der Waals surface area contributed by atoms with Crippen LogP contribution in [0.25, 0.3) is 0 Å². The van der Waals surface area contributed by atoms with Crippen molar-refractivity contribution in [1.82, 2.24) is 14.7 Å². The minimum Gasteiger partial charge on any atom is -0.379 e. The highest BCUT2D eigenvalue weighted by Gasteiger charge is 2.25. The van der Waals surface area contributed by atoms with E-state index >= 15 is 0 Å². The Morgan fingerprint density at radius 3 is 2.56 bits per heavy atom. The van der Waals surface area contributed by atoms with E-state index in [1.54, 1.807) is 0 Å². The first kappa shape index (κ1) is 20.3. The molecule has 27 heavy (non-hydrogen) atoms. The van der Waals surface area contributed by atoms with Gasteiger partial charge in [-0.15, -0.1) is 0 Å². The molecule has 2 aliphatic heterocycles. The molecule has 150 valence electrons. The summed E-state index contributed by atoms with van der Waals surface area (Å²) >= 11 is 0. The second kappa shape index (κ2) is 10.8. The molecule has 0 spiro atoms. The first-order valence-electron chi connectivity index (χ1n) is 10.6. The third-order valence-corrected chi connectivity index (χ3v) is 5.74. The number of rotatable bonds is 7. The molecule has 0 radical (unpaired) electrons. The van der Waals surface area contributed by atoms with Crippen molar-refractivity contribution in [3.05, 3.63) is 35.9 Å². The summed E-state index contributed by atoms with van der Waals surface area (Å²) in [5, 5.41) is 0. The van der Waals surface area contributed by atoms with Crippen LogP contribution < -0.4 is 0 Å². The number of hydrogen-bond acceptors (Lipinski definition) is 4. The fraction of sp³-hybridized carbons (Fsp3) is 0.682. The molecule has 2 heterocycles. The average molecular weight is 374 g/mol. The Labute approximate surface area is 164 Å². The monoisotopic (exact) mass is 373 g/mol. The number of carbonyl (C=O) groups is 1. The number of benzene rings is 1. The predicted octanol–water partition coefficient (Wildman–Crippen LogP) is 2.12. The van der Waals surface area contributed by atoms with E-state index in [-0.39, 0.29) is 5.92 Å². The van der Waals surface area contributed by atoms with Gasteiger partial charge < -0.3 is 14.5 Å². The van der Waals surface area contributed by atoms with Gasteiger partial charge in [0, 0.05) is 45.2 Å². The van der Waals surface area contributed by atoms with E-state index in [9.17, 15) is 4.79 Å². The van der Waals surface area contributed by atoms with Gasteiger partial charge in [0.05, 0.1) is 13.2 Å². The van der Waals surface area contributed by atoms with Crippen LogP contribution in [0.15, 0.2) is 30.3 Å². The molecule has 5 heteroatoms. The number of ether oxygens (including phenoxy) is 1. The lowest BCUT2D eigenvalue weighted by Crippen LogP contribution is -2.45. The van der Waals surface area contributed by atoms with Gasteiger partial charge in [0.15, 0.2) is 0 Å². The van der Waals surface area contributed by atoms with Crippen LogP contribution in [0, 0.1) is 5.92 Å². The van der Waals surface area contributed by atoms with Gasteiger partial charge in [-0.2, -0.15) is 0 Å². The highest BCUT2D eigenvalue weighted by molar-refractivity contribution is 5.78. The van der Waals surface area contributed by atoms with Crippen molar-refractivity contribution in [3.63, 3.8) is 0 Å². The van der Waals surface area contributed by atoms with Crippen LogP contribution in [0.3, 0.4) is 0 Å². The summed E-state index contributed by atoms with van der Waals surface area (Å²) in [5.74, 6) is 0.403. The zero-order valence-corrected chi connectivity index (χ0v) is 16.8. The van der Waals surface area contributed by atoms with E-state index in [2.05, 4.69) is 52.0 Å². The molecule has 0 N–H and O–H groups in total. The van der Waals surface area contributed by atoms with Crippen molar-refractivity contribution in [3.8, 4) is 0 Å². The first-order valence-corrected chi connectivity index (χ1v) is 10.6. The van der Waals surface area contributed by atoms with E-state index in [0.29, 0.717) is 5.91 Å². The topological polar surface area (TPSA) is 36.0 Å². The first-order chi connectivity index (χ1) is 13.2. The fourth-order valence-electron chi connectivity index (χ4n) is 4.13.